The van der Waals surface area contributed by atoms with Crippen LogP contribution < -0.4 is 10.2 Å². The third-order valence-corrected chi connectivity index (χ3v) is 6.77. The molecule has 0 N–H and O–H groups in total. The molecule has 1 aromatic carbocycles. The zero-order chi connectivity index (χ0) is 23.7. The minimum Gasteiger partial charge on any atom is -0.493 e. The number of carbonyl (C=O) groups is 1. The van der Waals surface area contributed by atoms with Gasteiger partial charge in [0, 0.05) is 13.1 Å². The van der Waals surface area contributed by atoms with Crippen LogP contribution in [0.1, 0.15) is 73.3 Å². The third kappa shape index (κ3) is 5.99. The first-order valence-electron chi connectivity index (χ1n) is 11.8. The van der Waals surface area contributed by atoms with E-state index >= 15 is 0 Å². The van der Waals surface area contributed by atoms with E-state index in [1.54, 1.807) is 0 Å². The summed E-state index contributed by atoms with van der Waals surface area (Å²) in [4.78, 5) is 14.0. The molecular formula is C25H40BNO5. The van der Waals surface area contributed by atoms with Crippen molar-refractivity contribution in [2.75, 3.05) is 19.7 Å². The first-order chi connectivity index (χ1) is 14.8. The van der Waals surface area contributed by atoms with Crippen LogP contribution in [0.25, 0.3) is 0 Å². The molecule has 1 amide bonds. The van der Waals surface area contributed by atoms with Gasteiger partial charge in [-0.05, 0) is 97.7 Å². The molecule has 32 heavy (non-hydrogen) atoms. The van der Waals surface area contributed by atoms with Crippen LogP contribution in [-0.4, -0.2) is 54.6 Å². The maximum atomic E-state index is 12.2. The average Bonchev–Trinajstić information content (AvgIpc) is 2.89. The molecule has 2 fully saturated rings. The fraction of sp³-hybridized carbons (Fsp3) is 0.720. The quantitative estimate of drug-likeness (QED) is 0.615. The van der Waals surface area contributed by atoms with E-state index < -0.39 is 5.60 Å². The predicted molar refractivity (Wildman–Crippen MR) is 128 cm³/mol. The Balaban J connectivity index is 1.45. The second kappa shape index (κ2) is 9.26. The number of nitrogens with zero attached hydrogens (tertiary/aromatic N) is 1. The van der Waals surface area contributed by atoms with Gasteiger partial charge in [0.2, 0.25) is 0 Å². The molecular weight excluding hydrogens is 405 g/mol. The number of ether oxygens (including phenoxy) is 2. The van der Waals surface area contributed by atoms with Crippen molar-refractivity contribution < 1.29 is 23.6 Å². The van der Waals surface area contributed by atoms with E-state index in [1.165, 1.54) is 0 Å². The predicted octanol–water partition coefficient (Wildman–Crippen LogP) is 4.71. The van der Waals surface area contributed by atoms with E-state index in [9.17, 15) is 4.79 Å². The first kappa shape index (κ1) is 24.9. The lowest BCUT2D eigenvalue weighted by Gasteiger charge is -2.33. The Morgan fingerprint density at radius 3 is 2.25 bits per heavy atom. The zero-order valence-electron chi connectivity index (χ0n) is 21.1. The van der Waals surface area contributed by atoms with E-state index in [4.69, 9.17) is 18.8 Å². The van der Waals surface area contributed by atoms with Crippen LogP contribution in [0.15, 0.2) is 18.2 Å². The summed E-state index contributed by atoms with van der Waals surface area (Å²) in [5, 5.41) is 0. The summed E-state index contributed by atoms with van der Waals surface area (Å²) in [5.41, 5.74) is 0.956. The smallest absolute Gasteiger partial charge is 0.493 e. The Bertz CT molecular complexity index is 793. The van der Waals surface area contributed by atoms with Crippen molar-refractivity contribution in [1.82, 2.24) is 4.90 Å². The fourth-order valence-corrected chi connectivity index (χ4v) is 4.03. The highest BCUT2D eigenvalue weighted by atomic mass is 16.7. The lowest BCUT2D eigenvalue weighted by Crippen LogP contribution is -2.41. The molecule has 2 saturated heterocycles. The van der Waals surface area contributed by atoms with Crippen LogP contribution in [-0.2, 0) is 14.0 Å². The average molecular weight is 445 g/mol. The van der Waals surface area contributed by atoms with Crippen LogP contribution >= 0.6 is 0 Å². The monoisotopic (exact) mass is 445 g/mol. The number of rotatable bonds is 5. The SMILES string of the molecule is Cc1cc(B2OC(C)(C)C(C)(C)O2)ccc1OCCC1CCN(C(=O)OC(C)(C)C)CC1. The second-order valence-corrected chi connectivity index (χ2v) is 11.2. The normalized spacial score (nSPS) is 21.0. The van der Waals surface area contributed by atoms with E-state index in [2.05, 4.69) is 40.7 Å². The standard InChI is InChI=1S/C25H40BNO5/c1-18-17-20(26-31-24(5,6)25(7,8)32-26)9-10-21(18)29-16-13-19-11-14-27(15-12-19)22(28)30-23(2,3)4/h9-10,17,19H,11-16H2,1-8H3. The molecule has 6 nitrogen and oxygen atoms in total. The first-order valence-corrected chi connectivity index (χ1v) is 11.8. The molecule has 2 aliphatic heterocycles. The molecule has 2 heterocycles. The van der Waals surface area contributed by atoms with Gasteiger partial charge in [-0.2, -0.15) is 0 Å². The van der Waals surface area contributed by atoms with Crippen molar-refractivity contribution in [3.63, 3.8) is 0 Å². The number of amides is 1. The Morgan fingerprint density at radius 2 is 1.72 bits per heavy atom. The summed E-state index contributed by atoms with van der Waals surface area (Å²) in [7, 11) is -0.358. The lowest BCUT2D eigenvalue weighted by atomic mass is 9.78. The number of benzene rings is 1. The van der Waals surface area contributed by atoms with Crippen molar-refractivity contribution >= 4 is 18.7 Å². The summed E-state index contributed by atoms with van der Waals surface area (Å²) in [6.45, 7) is 18.2. The van der Waals surface area contributed by atoms with Crippen molar-refractivity contribution in [3.05, 3.63) is 23.8 Å². The lowest BCUT2D eigenvalue weighted by molar-refractivity contribution is 0.00578. The molecule has 3 rings (SSSR count). The van der Waals surface area contributed by atoms with Crippen LogP contribution in [0.5, 0.6) is 5.75 Å². The highest BCUT2D eigenvalue weighted by molar-refractivity contribution is 6.62. The van der Waals surface area contributed by atoms with Crippen molar-refractivity contribution in [2.45, 2.75) is 91.5 Å². The summed E-state index contributed by atoms with van der Waals surface area (Å²) in [6.07, 6.45) is 2.76. The van der Waals surface area contributed by atoms with Crippen LogP contribution in [0, 0.1) is 12.8 Å². The maximum absolute atomic E-state index is 12.2. The van der Waals surface area contributed by atoms with Gasteiger partial charge in [-0.25, -0.2) is 4.79 Å². The second-order valence-electron chi connectivity index (χ2n) is 11.2. The van der Waals surface area contributed by atoms with Crippen molar-refractivity contribution in [2.24, 2.45) is 5.92 Å². The van der Waals surface area contributed by atoms with E-state index in [0.717, 1.165) is 49.1 Å². The topological polar surface area (TPSA) is 57.2 Å². The Morgan fingerprint density at radius 1 is 1.12 bits per heavy atom. The molecule has 7 heteroatoms. The molecule has 0 bridgehead atoms. The molecule has 0 atom stereocenters. The Kier molecular flexibility index (Phi) is 7.21. The summed E-state index contributed by atoms with van der Waals surface area (Å²) >= 11 is 0. The van der Waals surface area contributed by atoms with Gasteiger partial charge in [0.25, 0.3) is 0 Å². The van der Waals surface area contributed by atoms with Gasteiger partial charge in [0.15, 0.2) is 0 Å². The van der Waals surface area contributed by atoms with E-state index in [0.29, 0.717) is 12.5 Å². The molecule has 0 spiro atoms. The minimum absolute atomic E-state index is 0.204. The number of hydrogen-bond acceptors (Lipinski definition) is 5. The zero-order valence-corrected chi connectivity index (χ0v) is 21.1. The highest BCUT2D eigenvalue weighted by Crippen LogP contribution is 2.36. The molecule has 1 aromatic rings. The molecule has 0 saturated carbocycles. The van der Waals surface area contributed by atoms with E-state index in [1.807, 2.05) is 37.8 Å². The number of carbonyl (C=O) groups excluding carboxylic acids is 1. The Hall–Kier alpha value is -1.73. The van der Waals surface area contributed by atoms with Gasteiger partial charge in [-0.15, -0.1) is 0 Å². The number of likely N-dealkylation sites (tertiary alicyclic amines) is 1. The summed E-state index contributed by atoms with van der Waals surface area (Å²) in [5.74, 6) is 1.47. The number of hydrogen-bond donors (Lipinski definition) is 0. The number of piperidine rings is 1. The molecule has 0 aromatic heterocycles. The maximum Gasteiger partial charge on any atom is 0.494 e. The fourth-order valence-electron chi connectivity index (χ4n) is 4.03. The van der Waals surface area contributed by atoms with Gasteiger partial charge in [0.1, 0.15) is 11.4 Å². The van der Waals surface area contributed by atoms with Crippen molar-refractivity contribution in [1.29, 1.82) is 0 Å². The van der Waals surface area contributed by atoms with Gasteiger partial charge < -0.3 is 23.7 Å². The van der Waals surface area contributed by atoms with E-state index in [-0.39, 0.29) is 24.4 Å². The molecule has 0 radical (unpaired) electrons. The largest absolute Gasteiger partial charge is 0.494 e. The van der Waals surface area contributed by atoms with Crippen LogP contribution in [0.4, 0.5) is 4.79 Å². The minimum atomic E-state index is -0.447. The summed E-state index contributed by atoms with van der Waals surface area (Å²) < 4.78 is 23.9. The molecule has 0 unspecified atom stereocenters. The third-order valence-electron chi connectivity index (χ3n) is 6.77. The van der Waals surface area contributed by atoms with Crippen molar-refractivity contribution in [3.8, 4) is 5.75 Å². The van der Waals surface area contributed by atoms with Gasteiger partial charge in [-0.3, -0.25) is 0 Å². The molecule has 2 aliphatic rings. The highest BCUT2D eigenvalue weighted by Gasteiger charge is 2.51. The Labute approximate surface area is 194 Å². The van der Waals surface area contributed by atoms with Crippen LogP contribution in [0.3, 0.4) is 0 Å². The molecule has 178 valence electrons. The van der Waals surface area contributed by atoms with Crippen LogP contribution in [0.2, 0.25) is 0 Å². The van der Waals surface area contributed by atoms with Gasteiger partial charge >= 0.3 is 13.2 Å². The number of aryl methyl sites for hydroxylation is 1. The molecule has 0 aliphatic carbocycles. The van der Waals surface area contributed by atoms with Gasteiger partial charge in [-0.1, -0.05) is 12.1 Å². The van der Waals surface area contributed by atoms with Gasteiger partial charge in [0.05, 0.1) is 17.8 Å². The summed E-state index contributed by atoms with van der Waals surface area (Å²) in [6, 6.07) is 6.14.